The van der Waals surface area contributed by atoms with Gasteiger partial charge in [0, 0.05) is 26.2 Å². The molecule has 0 saturated carbocycles. The van der Waals surface area contributed by atoms with E-state index >= 15 is 0 Å². The van der Waals surface area contributed by atoms with Crippen LogP contribution in [-0.2, 0) is 0 Å². The fraction of sp³-hybridized carbons (Fsp3) is 0.900. The van der Waals surface area contributed by atoms with Gasteiger partial charge in [0.25, 0.3) is 0 Å². The number of urea groups is 1. The standard InChI is InChI=1S/C10H22N2O2/c1-3-12(4-2)10(14)11-8-6-5-7-9-13/h13H,3-9H2,1-2H3,(H,11,14). The lowest BCUT2D eigenvalue weighted by Gasteiger charge is -2.19. The molecule has 14 heavy (non-hydrogen) atoms. The number of hydrogen-bond acceptors (Lipinski definition) is 2. The molecule has 0 aliphatic rings. The fourth-order valence-electron chi connectivity index (χ4n) is 1.23. The minimum Gasteiger partial charge on any atom is -0.396 e. The van der Waals surface area contributed by atoms with Gasteiger partial charge in [0.1, 0.15) is 0 Å². The minimum atomic E-state index is 0.0130. The molecule has 0 rings (SSSR count). The third kappa shape index (κ3) is 5.80. The molecule has 0 aromatic carbocycles. The van der Waals surface area contributed by atoms with Crippen molar-refractivity contribution in [2.45, 2.75) is 33.1 Å². The number of carbonyl (C=O) groups excluding carboxylic acids is 1. The van der Waals surface area contributed by atoms with Crippen LogP contribution in [-0.4, -0.2) is 42.3 Å². The number of unbranched alkanes of at least 4 members (excludes halogenated alkanes) is 2. The normalized spacial score (nSPS) is 9.93. The molecule has 0 fully saturated rings. The van der Waals surface area contributed by atoms with Gasteiger partial charge in [-0.2, -0.15) is 0 Å². The SMILES string of the molecule is CCN(CC)C(=O)NCCCCCO. The summed E-state index contributed by atoms with van der Waals surface area (Å²) in [6.45, 7) is 6.38. The molecule has 2 N–H and O–H groups in total. The topological polar surface area (TPSA) is 52.6 Å². The van der Waals surface area contributed by atoms with Gasteiger partial charge in [0.05, 0.1) is 0 Å². The van der Waals surface area contributed by atoms with E-state index in [0.717, 1.165) is 32.4 Å². The Morgan fingerprint density at radius 3 is 2.36 bits per heavy atom. The predicted molar refractivity (Wildman–Crippen MR) is 57.3 cm³/mol. The number of nitrogens with zero attached hydrogens (tertiary/aromatic N) is 1. The van der Waals surface area contributed by atoms with Gasteiger partial charge in [-0.05, 0) is 33.1 Å². The highest BCUT2D eigenvalue weighted by Gasteiger charge is 2.06. The molecule has 0 aromatic heterocycles. The summed E-state index contributed by atoms with van der Waals surface area (Å²) in [5, 5.41) is 11.4. The number of aliphatic hydroxyl groups excluding tert-OH is 1. The number of aliphatic hydroxyl groups is 1. The molecule has 0 atom stereocenters. The summed E-state index contributed by atoms with van der Waals surface area (Å²) < 4.78 is 0. The van der Waals surface area contributed by atoms with Crippen LogP contribution in [0, 0.1) is 0 Å². The first kappa shape index (κ1) is 13.2. The van der Waals surface area contributed by atoms with E-state index in [1.165, 1.54) is 0 Å². The molecule has 0 spiro atoms. The van der Waals surface area contributed by atoms with Crippen molar-refractivity contribution in [3.63, 3.8) is 0 Å². The van der Waals surface area contributed by atoms with E-state index in [1.54, 1.807) is 4.90 Å². The summed E-state index contributed by atoms with van der Waals surface area (Å²) in [4.78, 5) is 13.2. The van der Waals surface area contributed by atoms with Gasteiger partial charge in [-0.15, -0.1) is 0 Å². The van der Waals surface area contributed by atoms with Crippen LogP contribution in [0.2, 0.25) is 0 Å². The van der Waals surface area contributed by atoms with Crippen molar-refractivity contribution in [2.75, 3.05) is 26.2 Å². The Labute approximate surface area is 86.3 Å². The van der Waals surface area contributed by atoms with Crippen LogP contribution < -0.4 is 5.32 Å². The van der Waals surface area contributed by atoms with E-state index in [2.05, 4.69) is 5.32 Å². The van der Waals surface area contributed by atoms with Gasteiger partial charge in [-0.25, -0.2) is 4.79 Å². The van der Waals surface area contributed by atoms with Gasteiger partial charge < -0.3 is 15.3 Å². The Morgan fingerprint density at radius 1 is 1.21 bits per heavy atom. The monoisotopic (exact) mass is 202 g/mol. The molecule has 0 bridgehead atoms. The van der Waals surface area contributed by atoms with Crippen LogP contribution >= 0.6 is 0 Å². The summed E-state index contributed by atoms with van der Waals surface area (Å²) in [6.07, 6.45) is 2.73. The van der Waals surface area contributed by atoms with Crippen molar-refractivity contribution in [3.05, 3.63) is 0 Å². The van der Waals surface area contributed by atoms with Crippen molar-refractivity contribution in [1.82, 2.24) is 10.2 Å². The number of rotatable bonds is 7. The molecule has 84 valence electrons. The Kier molecular flexibility index (Phi) is 8.33. The summed E-state index contributed by atoms with van der Waals surface area (Å²) in [5.41, 5.74) is 0. The highest BCUT2D eigenvalue weighted by atomic mass is 16.2. The summed E-state index contributed by atoms with van der Waals surface area (Å²) in [5.74, 6) is 0. The lowest BCUT2D eigenvalue weighted by molar-refractivity contribution is 0.203. The number of nitrogens with one attached hydrogen (secondary N) is 1. The van der Waals surface area contributed by atoms with E-state index in [1.807, 2.05) is 13.8 Å². The van der Waals surface area contributed by atoms with Crippen LogP contribution in [0.3, 0.4) is 0 Å². The number of hydrogen-bond donors (Lipinski definition) is 2. The molecule has 0 saturated heterocycles. The quantitative estimate of drug-likeness (QED) is 0.609. The number of amides is 2. The molecule has 0 aliphatic heterocycles. The Morgan fingerprint density at radius 2 is 1.86 bits per heavy atom. The number of carbonyl (C=O) groups is 1. The van der Waals surface area contributed by atoms with E-state index < -0.39 is 0 Å². The van der Waals surface area contributed by atoms with Gasteiger partial charge in [-0.1, -0.05) is 0 Å². The minimum absolute atomic E-state index is 0.0130. The molecule has 4 nitrogen and oxygen atoms in total. The average Bonchev–Trinajstić information content (AvgIpc) is 2.19. The zero-order chi connectivity index (χ0) is 10.8. The van der Waals surface area contributed by atoms with E-state index in [4.69, 9.17) is 5.11 Å². The van der Waals surface area contributed by atoms with Gasteiger partial charge in [-0.3, -0.25) is 0 Å². The Balaban J connectivity index is 3.43. The fourth-order valence-corrected chi connectivity index (χ4v) is 1.23. The van der Waals surface area contributed by atoms with Crippen molar-refractivity contribution < 1.29 is 9.90 Å². The van der Waals surface area contributed by atoms with Crippen molar-refractivity contribution in [1.29, 1.82) is 0 Å². The zero-order valence-electron chi connectivity index (χ0n) is 9.25. The van der Waals surface area contributed by atoms with Crippen LogP contribution in [0.1, 0.15) is 33.1 Å². The Hall–Kier alpha value is -0.770. The van der Waals surface area contributed by atoms with Crippen molar-refractivity contribution in [2.24, 2.45) is 0 Å². The lowest BCUT2D eigenvalue weighted by atomic mass is 10.2. The largest absolute Gasteiger partial charge is 0.396 e. The lowest BCUT2D eigenvalue weighted by Crippen LogP contribution is -2.40. The molecule has 0 aromatic rings. The second kappa shape index (κ2) is 8.81. The third-order valence-electron chi connectivity index (χ3n) is 2.16. The maximum atomic E-state index is 11.4. The van der Waals surface area contributed by atoms with Gasteiger partial charge >= 0.3 is 6.03 Å². The second-order valence-corrected chi connectivity index (χ2v) is 3.19. The highest BCUT2D eigenvalue weighted by Crippen LogP contribution is 1.93. The molecule has 0 aliphatic carbocycles. The first-order chi connectivity index (χ1) is 6.76. The average molecular weight is 202 g/mol. The Bertz CT molecular complexity index is 147. The first-order valence-corrected chi connectivity index (χ1v) is 5.39. The van der Waals surface area contributed by atoms with E-state index in [9.17, 15) is 4.79 Å². The van der Waals surface area contributed by atoms with Gasteiger partial charge in [0.15, 0.2) is 0 Å². The van der Waals surface area contributed by atoms with E-state index in [-0.39, 0.29) is 12.6 Å². The van der Waals surface area contributed by atoms with Crippen LogP contribution in [0.5, 0.6) is 0 Å². The van der Waals surface area contributed by atoms with Crippen LogP contribution in [0.15, 0.2) is 0 Å². The van der Waals surface area contributed by atoms with Crippen molar-refractivity contribution in [3.8, 4) is 0 Å². The summed E-state index contributed by atoms with van der Waals surface area (Å²) >= 11 is 0. The molecule has 0 unspecified atom stereocenters. The third-order valence-corrected chi connectivity index (χ3v) is 2.16. The molecule has 2 amide bonds. The molecular formula is C10H22N2O2. The molecule has 4 heteroatoms. The van der Waals surface area contributed by atoms with Crippen LogP contribution in [0.25, 0.3) is 0 Å². The zero-order valence-corrected chi connectivity index (χ0v) is 9.25. The molecule has 0 heterocycles. The second-order valence-electron chi connectivity index (χ2n) is 3.19. The maximum absolute atomic E-state index is 11.4. The smallest absolute Gasteiger partial charge is 0.317 e. The first-order valence-electron chi connectivity index (χ1n) is 5.39. The maximum Gasteiger partial charge on any atom is 0.317 e. The van der Waals surface area contributed by atoms with E-state index in [0.29, 0.717) is 6.54 Å². The predicted octanol–water partition coefficient (Wildman–Crippen LogP) is 1.20. The summed E-state index contributed by atoms with van der Waals surface area (Å²) in [6, 6.07) is 0.0130. The van der Waals surface area contributed by atoms with Gasteiger partial charge in [0.2, 0.25) is 0 Å². The highest BCUT2D eigenvalue weighted by molar-refractivity contribution is 5.73. The van der Waals surface area contributed by atoms with Crippen molar-refractivity contribution >= 4 is 6.03 Å². The summed E-state index contributed by atoms with van der Waals surface area (Å²) in [7, 11) is 0. The molecular weight excluding hydrogens is 180 g/mol. The molecule has 0 radical (unpaired) electrons. The van der Waals surface area contributed by atoms with Crippen LogP contribution in [0.4, 0.5) is 4.79 Å².